The largest absolute Gasteiger partial charge is 0.479 e. The van der Waals surface area contributed by atoms with Crippen LogP contribution in [0.25, 0.3) is 11.2 Å². The molecule has 0 saturated carbocycles. The molecule has 1 saturated heterocycles. The molecule has 0 bridgehead atoms. The minimum Gasteiger partial charge on any atom is -0.479 e. The van der Waals surface area contributed by atoms with E-state index in [1.807, 2.05) is 6.92 Å². The van der Waals surface area contributed by atoms with Crippen molar-refractivity contribution in [1.82, 2.24) is 19.1 Å². The molecular weight excluding hydrogens is 422 g/mol. The Morgan fingerprint density at radius 1 is 1.34 bits per heavy atom. The summed E-state index contributed by atoms with van der Waals surface area (Å²) in [5.74, 6) is 1.31. The van der Waals surface area contributed by atoms with Crippen LogP contribution in [0.2, 0.25) is 0 Å². The molecule has 0 unspecified atom stereocenters. The Balaban J connectivity index is 2.18. The highest BCUT2D eigenvalue weighted by atomic mass is 16.6. The zero-order valence-electron chi connectivity index (χ0n) is 18.2. The normalized spacial score (nSPS) is 21.2. The fourth-order valence-electron chi connectivity index (χ4n) is 3.86. The number of ether oxygens (including phenoxy) is 4. The van der Waals surface area contributed by atoms with E-state index in [0.717, 1.165) is 0 Å². The quantitative estimate of drug-likeness (QED) is 0.466. The Morgan fingerprint density at radius 2 is 2.06 bits per heavy atom. The summed E-state index contributed by atoms with van der Waals surface area (Å²) < 4.78 is 24.6. The molecule has 2 N–H and O–H groups in total. The van der Waals surface area contributed by atoms with E-state index in [9.17, 15) is 14.4 Å². The van der Waals surface area contributed by atoms with Crippen molar-refractivity contribution >= 4 is 29.1 Å². The van der Waals surface area contributed by atoms with Crippen LogP contribution in [-0.4, -0.2) is 56.5 Å². The first-order valence-electron chi connectivity index (χ1n) is 9.97. The van der Waals surface area contributed by atoms with Gasteiger partial charge in [0.2, 0.25) is 11.8 Å². The molecule has 3 heterocycles. The molecule has 1 aliphatic rings. The second kappa shape index (κ2) is 9.27. The lowest BCUT2D eigenvalue weighted by Gasteiger charge is -2.22. The molecular formula is C20H25N5O7. The highest BCUT2D eigenvalue weighted by Gasteiger charge is 2.45. The van der Waals surface area contributed by atoms with Gasteiger partial charge >= 0.3 is 17.6 Å². The molecule has 1 fully saturated rings. The van der Waals surface area contributed by atoms with Gasteiger partial charge in [0.15, 0.2) is 17.4 Å². The summed E-state index contributed by atoms with van der Waals surface area (Å²) in [6.45, 7) is 4.28. The number of esters is 2. The molecule has 12 heteroatoms. The first kappa shape index (κ1) is 23.1. The van der Waals surface area contributed by atoms with E-state index in [2.05, 4.69) is 15.9 Å². The summed E-state index contributed by atoms with van der Waals surface area (Å²) in [4.78, 5) is 44.8. The lowest BCUT2D eigenvalue weighted by Crippen LogP contribution is -2.34. The smallest absolute Gasteiger partial charge is 0.333 e. The number of carbonyl (C=O) groups is 2. The number of fused-ring (bicyclic) bond motifs is 1. The molecule has 1 aliphatic heterocycles. The SMILES string of the molecule is C#CCn1c(=O)n([C@@H]2O[C@H]([C@H](CC)OC(C)=O)C[C@H]2OC(C)=O)c2nc(N)nc(OC)c21. The summed E-state index contributed by atoms with van der Waals surface area (Å²) in [6.07, 6.45) is 2.96. The number of hydrogen-bond acceptors (Lipinski definition) is 10. The van der Waals surface area contributed by atoms with Gasteiger partial charge in [0.05, 0.1) is 13.7 Å². The highest BCUT2D eigenvalue weighted by Crippen LogP contribution is 2.36. The molecule has 172 valence electrons. The number of carbonyl (C=O) groups excluding carboxylic acids is 2. The lowest BCUT2D eigenvalue weighted by molar-refractivity contribution is -0.158. The van der Waals surface area contributed by atoms with Crippen LogP contribution in [-0.2, 0) is 30.3 Å². The van der Waals surface area contributed by atoms with Gasteiger partial charge in [-0.05, 0) is 6.42 Å². The molecule has 2 aromatic rings. The number of hydrogen-bond donors (Lipinski definition) is 1. The minimum absolute atomic E-state index is 0.0588. The van der Waals surface area contributed by atoms with Crippen LogP contribution in [0.4, 0.5) is 5.95 Å². The Morgan fingerprint density at radius 3 is 2.62 bits per heavy atom. The molecule has 3 rings (SSSR count). The number of terminal acetylenes is 1. The first-order chi connectivity index (χ1) is 15.2. The average molecular weight is 447 g/mol. The third-order valence-corrected chi connectivity index (χ3v) is 5.03. The van der Waals surface area contributed by atoms with E-state index < -0.39 is 42.2 Å². The van der Waals surface area contributed by atoms with Crippen molar-refractivity contribution in [3.05, 3.63) is 10.5 Å². The molecule has 0 aliphatic carbocycles. The van der Waals surface area contributed by atoms with Gasteiger partial charge in [-0.25, -0.2) is 9.36 Å². The Kier molecular flexibility index (Phi) is 6.69. The number of nitrogen functional groups attached to an aromatic ring is 1. The van der Waals surface area contributed by atoms with Gasteiger partial charge in [0.25, 0.3) is 0 Å². The molecule has 0 spiro atoms. The van der Waals surface area contributed by atoms with Crippen molar-refractivity contribution in [2.45, 2.75) is 64.7 Å². The molecule has 2 aromatic heterocycles. The van der Waals surface area contributed by atoms with Crippen molar-refractivity contribution in [2.24, 2.45) is 0 Å². The number of nitrogens with two attached hydrogens (primary N) is 1. The fraction of sp³-hybridized carbons (Fsp3) is 0.550. The monoisotopic (exact) mass is 447 g/mol. The van der Waals surface area contributed by atoms with Gasteiger partial charge < -0.3 is 24.7 Å². The van der Waals surface area contributed by atoms with Gasteiger partial charge in [-0.3, -0.25) is 14.2 Å². The highest BCUT2D eigenvalue weighted by molar-refractivity contribution is 5.79. The van der Waals surface area contributed by atoms with Gasteiger partial charge in [0.1, 0.15) is 18.3 Å². The molecule has 4 atom stereocenters. The molecule has 0 amide bonds. The van der Waals surface area contributed by atoms with E-state index in [-0.39, 0.29) is 36.0 Å². The van der Waals surface area contributed by atoms with Gasteiger partial charge in [0, 0.05) is 20.3 Å². The summed E-state index contributed by atoms with van der Waals surface area (Å²) in [5.41, 5.74) is 5.58. The van der Waals surface area contributed by atoms with Gasteiger partial charge in [-0.2, -0.15) is 9.97 Å². The Hall–Kier alpha value is -3.59. The van der Waals surface area contributed by atoms with Gasteiger partial charge in [-0.15, -0.1) is 6.42 Å². The van der Waals surface area contributed by atoms with Crippen molar-refractivity contribution in [2.75, 3.05) is 12.8 Å². The molecule has 0 aromatic carbocycles. The zero-order chi connectivity index (χ0) is 23.6. The molecule has 32 heavy (non-hydrogen) atoms. The average Bonchev–Trinajstić information content (AvgIpc) is 3.23. The van der Waals surface area contributed by atoms with E-state index in [1.54, 1.807) is 0 Å². The van der Waals surface area contributed by atoms with Crippen molar-refractivity contribution in [3.63, 3.8) is 0 Å². The Bertz CT molecular complexity index is 1130. The summed E-state index contributed by atoms with van der Waals surface area (Å²) in [7, 11) is 1.37. The predicted molar refractivity (Wildman–Crippen MR) is 112 cm³/mol. The maximum absolute atomic E-state index is 13.4. The number of aromatic nitrogens is 4. The molecule has 0 radical (unpaired) electrons. The number of rotatable bonds is 7. The number of anilines is 1. The van der Waals surface area contributed by atoms with E-state index >= 15 is 0 Å². The summed E-state index contributed by atoms with van der Waals surface area (Å²) in [5, 5.41) is 0. The van der Waals surface area contributed by atoms with Crippen molar-refractivity contribution < 1.29 is 28.5 Å². The third-order valence-electron chi connectivity index (χ3n) is 5.03. The van der Waals surface area contributed by atoms with Crippen LogP contribution in [0.1, 0.15) is 39.8 Å². The van der Waals surface area contributed by atoms with Crippen LogP contribution >= 0.6 is 0 Å². The van der Waals surface area contributed by atoms with E-state index in [4.69, 9.17) is 31.1 Å². The number of imidazole rings is 1. The van der Waals surface area contributed by atoms with E-state index in [1.165, 1.54) is 30.1 Å². The summed E-state index contributed by atoms with van der Waals surface area (Å²) >= 11 is 0. The standard InChI is InChI=1S/C20H25N5O7/c1-6-8-24-15-16(22-19(21)23-17(15)29-5)25(20(24)28)18-14(31-11(4)27)9-13(32-18)12(7-2)30-10(3)26/h1,12-14,18H,7-9H2,2-5H3,(H2,21,22,23)/t12-,13-,14+,18+/m0/s1. The molecule has 12 nitrogen and oxygen atoms in total. The summed E-state index contributed by atoms with van der Waals surface area (Å²) in [6, 6.07) is 0. The topological polar surface area (TPSA) is 150 Å². The minimum atomic E-state index is -1.07. The van der Waals surface area contributed by atoms with Gasteiger partial charge in [-0.1, -0.05) is 12.8 Å². The number of nitrogens with zero attached hydrogens (tertiary/aromatic N) is 4. The van der Waals surface area contributed by atoms with Crippen LogP contribution in [0.3, 0.4) is 0 Å². The second-order valence-corrected chi connectivity index (χ2v) is 7.21. The van der Waals surface area contributed by atoms with Crippen molar-refractivity contribution in [1.29, 1.82) is 0 Å². The van der Waals surface area contributed by atoms with Crippen LogP contribution in [0.5, 0.6) is 5.88 Å². The third kappa shape index (κ3) is 4.24. The maximum Gasteiger partial charge on any atom is 0.333 e. The maximum atomic E-state index is 13.4. The van der Waals surface area contributed by atoms with Crippen molar-refractivity contribution in [3.8, 4) is 18.2 Å². The zero-order valence-corrected chi connectivity index (χ0v) is 18.2. The second-order valence-electron chi connectivity index (χ2n) is 7.21. The number of methoxy groups -OCH3 is 1. The fourth-order valence-corrected chi connectivity index (χ4v) is 3.86. The first-order valence-corrected chi connectivity index (χ1v) is 9.97. The van der Waals surface area contributed by atoms with Crippen LogP contribution in [0.15, 0.2) is 4.79 Å². The van der Waals surface area contributed by atoms with Crippen LogP contribution in [0, 0.1) is 12.3 Å². The van der Waals surface area contributed by atoms with E-state index in [0.29, 0.717) is 6.42 Å². The predicted octanol–water partition coefficient (Wildman–Crippen LogP) is 0.378. The lowest BCUT2D eigenvalue weighted by atomic mass is 10.1. The Labute approximate surface area is 183 Å². The van der Waals surface area contributed by atoms with Crippen LogP contribution < -0.4 is 16.2 Å².